The number of benzene rings is 3. The lowest BCUT2D eigenvalue weighted by molar-refractivity contribution is -0.669. The van der Waals surface area contributed by atoms with Crippen molar-refractivity contribution in [3.63, 3.8) is 0 Å². The molecule has 13 aliphatic rings. The van der Waals surface area contributed by atoms with Gasteiger partial charge in [0.15, 0.2) is 0 Å². The van der Waals surface area contributed by atoms with Gasteiger partial charge < -0.3 is 14.9 Å². The summed E-state index contributed by atoms with van der Waals surface area (Å²) in [6, 6.07) is 28.3. The van der Waals surface area contributed by atoms with Gasteiger partial charge in [-0.1, -0.05) is 153 Å². The highest BCUT2D eigenvalue weighted by Gasteiger charge is 2.54. The average Bonchev–Trinajstić information content (AvgIpc) is 1.61. The highest BCUT2D eigenvalue weighted by Crippen LogP contribution is 2.47. The third-order valence-corrected chi connectivity index (χ3v) is 25.0. The van der Waals surface area contributed by atoms with E-state index in [1.165, 1.54) is 147 Å². The number of rotatable bonds is 7. The predicted octanol–water partition coefficient (Wildman–Crippen LogP) is 12.6. The molecule has 0 radical (unpaired) electrons. The summed E-state index contributed by atoms with van der Waals surface area (Å²) in [7, 11) is 4.13. The van der Waals surface area contributed by atoms with Gasteiger partial charge in [0.1, 0.15) is 6.54 Å². The number of aromatic nitrogens is 1. The summed E-state index contributed by atoms with van der Waals surface area (Å²) in [5, 5.41) is 48.1. The number of hydrogen-bond acceptors (Lipinski definition) is 13. The molecule has 8 N–H and O–H groups in total. The number of para-hydroxylation sites is 2. The Morgan fingerprint density at radius 3 is 1.55 bits per heavy atom. The van der Waals surface area contributed by atoms with E-state index in [0.717, 1.165) is 75.9 Å². The molecule has 14 heteroatoms. The Kier molecular flexibility index (Phi) is 20.1. The van der Waals surface area contributed by atoms with Crippen LogP contribution in [0.4, 0.5) is 11.4 Å². The molecule has 14 nitrogen and oxygen atoms in total. The maximum absolute atomic E-state index is 13.3. The minimum atomic E-state index is -0.754. The van der Waals surface area contributed by atoms with Crippen LogP contribution in [0.1, 0.15) is 161 Å². The summed E-state index contributed by atoms with van der Waals surface area (Å²) >= 11 is 0. The molecule has 4 aromatic rings. The van der Waals surface area contributed by atoms with Crippen LogP contribution in [0.2, 0.25) is 0 Å². The summed E-state index contributed by atoms with van der Waals surface area (Å²) in [4.78, 5) is 29.9. The molecule has 17 rings (SSSR count). The Morgan fingerprint density at radius 1 is 0.556 bits per heavy atom. The first-order chi connectivity index (χ1) is 48.3. The number of carbonyl (C=O) groups excluding carboxylic acids is 2. The first-order valence-corrected chi connectivity index (χ1v) is 38.2. The molecule has 6 aliphatic heterocycles. The largest absolute Gasteiger partial charge is 0.871 e. The van der Waals surface area contributed by atoms with Gasteiger partial charge in [-0.3, -0.25) is 52.1 Å². The Bertz CT molecular complexity index is 3840. The third-order valence-electron chi connectivity index (χ3n) is 25.0. The standard InChI is InChI=1S/C32H56N8.C29H24N2O3.C24H27N/c1-2-10-18-17(9-1)25-33-26(18)38-28-21-13-5-6-14-22(21)30(35-28)40-32-24-16-8-7-15-23(24)31(36-32)39-29-20-12-4-3-11-19(20)27(34-29)37-25;1-3-30-21(15-13-19-9-5-7-11-25(19)30)17-23-27(32)24(29(34)28(23)33)18-22-16-14-20-10-6-8-12-26(20)31(22)4-2;1-17-9-10-18(2)24-21(16-19(3)23(24)15-17)8-6-7-20-11-13-22(14-12-20)25(4)5/h17-40H,1-16H2;5-18H,3-4H2,1-2H3;6-15H,16H2,1-5H3/b;;7-6+,21-8+. The van der Waals surface area contributed by atoms with Crippen molar-refractivity contribution in [1.29, 1.82) is 0 Å². The molecule has 520 valence electrons. The lowest BCUT2D eigenvalue weighted by Gasteiger charge is -2.35. The lowest BCUT2D eigenvalue weighted by atomic mass is 9.76. The summed E-state index contributed by atoms with van der Waals surface area (Å²) in [6.07, 6.45) is 47.0. The molecule has 3 aromatic carbocycles. The van der Waals surface area contributed by atoms with Gasteiger partial charge in [-0.15, -0.1) is 0 Å². The van der Waals surface area contributed by atoms with Crippen molar-refractivity contribution in [2.45, 2.75) is 200 Å². The maximum atomic E-state index is 13.3. The van der Waals surface area contributed by atoms with Crippen molar-refractivity contribution in [3.8, 4) is 0 Å². The number of nitrogens with zero attached hydrogens (tertiary/aromatic N) is 3. The highest BCUT2D eigenvalue weighted by atomic mass is 16.3. The smallest absolute Gasteiger partial charge is 0.233 e. The van der Waals surface area contributed by atoms with Gasteiger partial charge in [-0.2, -0.15) is 4.57 Å². The molecule has 7 aliphatic carbocycles. The molecule has 8 bridgehead atoms. The third kappa shape index (κ3) is 13.6. The van der Waals surface area contributed by atoms with Crippen LogP contribution in [0.15, 0.2) is 184 Å². The fourth-order valence-electron chi connectivity index (χ4n) is 20.1. The summed E-state index contributed by atoms with van der Waals surface area (Å²) < 4.78 is 2.03. The number of likely N-dealkylation sites (N-methyl/N-ethyl adjacent to an activating group) is 1. The second kappa shape index (κ2) is 29.5. The van der Waals surface area contributed by atoms with Gasteiger partial charge >= 0.3 is 0 Å². The van der Waals surface area contributed by atoms with Gasteiger partial charge in [0.2, 0.25) is 22.8 Å². The lowest BCUT2D eigenvalue weighted by Crippen LogP contribution is -2.61. The van der Waals surface area contributed by atoms with Crippen LogP contribution in [0.3, 0.4) is 0 Å². The van der Waals surface area contributed by atoms with Gasteiger partial charge in [0.25, 0.3) is 0 Å². The topological polar surface area (TPSA) is 164 Å². The summed E-state index contributed by atoms with van der Waals surface area (Å²) in [5.41, 5.74) is 15.2. The number of fused-ring (bicyclic) bond motifs is 23. The molecule has 4 saturated carbocycles. The zero-order valence-electron chi connectivity index (χ0n) is 59.6. The van der Waals surface area contributed by atoms with Crippen molar-refractivity contribution < 1.29 is 19.3 Å². The van der Waals surface area contributed by atoms with Crippen LogP contribution in [0, 0.1) is 47.3 Å². The van der Waals surface area contributed by atoms with E-state index < -0.39 is 17.3 Å². The molecule has 5 saturated heterocycles. The normalized spacial score (nSPS) is 34.2. The minimum absolute atomic E-state index is 0.0856. The number of nitrogens with one attached hydrogen (secondary N) is 8. The van der Waals surface area contributed by atoms with E-state index in [1.807, 2.05) is 96.1 Å². The van der Waals surface area contributed by atoms with Gasteiger partial charge in [0.05, 0.1) is 49.3 Å². The highest BCUT2D eigenvalue weighted by molar-refractivity contribution is 6.54. The van der Waals surface area contributed by atoms with E-state index in [-0.39, 0.29) is 11.1 Å². The predicted molar refractivity (Wildman–Crippen MR) is 399 cm³/mol. The van der Waals surface area contributed by atoms with Gasteiger partial charge in [0, 0.05) is 72.5 Å². The Hall–Kier alpha value is -7.11. The SMILES string of the molecule is C1CCC2C3NC(NC4NC(NC5NC(NC6NC(N3)C3CCCCC63)C3CCCCC53)C3CCCCC43)C2C1.CC1=CC2=C(C)C/C(=C\C=C\c3ccc(N(C)C)cc3)C2=C(C)C=C1.CCN1C(=CC2=C([O-])C(=Cc3ccc4ccccc4[n+]3CC)C(=O)C2=O)C=Cc2ccccc21. The van der Waals surface area contributed by atoms with Gasteiger partial charge in [-0.05, 0) is 216 Å². The van der Waals surface area contributed by atoms with Crippen LogP contribution in [0.5, 0.6) is 0 Å². The number of Topliss-reactive ketones (excluding diaryl/α,β-unsaturated/α-hetero) is 2. The van der Waals surface area contributed by atoms with Crippen LogP contribution >= 0.6 is 0 Å². The molecular weight excluding hydrogens is 1220 g/mol. The molecular formula is C85H107N11O3. The number of allylic oxidation sites excluding steroid dienone is 15. The zero-order chi connectivity index (χ0) is 68.0. The molecule has 9 fully saturated rings. The van der Waals surface area contributed by atoms with Crippen molar-refractivity contribution in [1.82, 2.24) is 42.5 Å². The number of hydrogen-bond donors (Lipinski definition) is 8. The minimum Gasteiger partial charge on any atom is -0.871 e. The average molecular weight is 1330 g/mol. The number of ketones is 2. The molecule has 8 atom stereocenters. The van der Waals surface area contributed by atoms with E-state index in [0.29, 0.717) is 73.8 Å². The number of aryl methyl sites for hydroxylation is 1. The van der Waals surface area contributed by atoms with Gasteiger partial charge in [-0.25, -0.2) is 0 Å². The Morgan fingerprint density at radius 2 is 1.05 bits per heavy atom. The molecule has 7 heterocycles. The van der Waals surface area contributed by atoms with Crippen molar-refractivity contribution >= 4 is 52.1 Å². The van der Waals surface area contributed by atoms with Crippen molar-refractivity contribution in [3.05, 3.63) is 200 Å². The maximum Gasteiger partial charge on any atom is 0.233 e. The molecule has 8 unspecified atom stereocenters. The van der Waals surface area contributed by atoms with Crippen molar-refractivity contribution in [2.24, 2.45) is 47.3 Å². The Labute approximate surface area is 588 Å². The fraction of sp³-hybridized carbons (Fsp3) is 0.494. The van der Waals surface area contributed by atoms with E-state index >= 15 is 0 Å². The van der Waals surface area contributed by atoms with Crippen molar-refractivity contribution in [2.75, 3.05) is 30.4 Å². The first kappa shape index (κ1) is 67.7. The molecule has 1 aromatic heterocycles. The van der Waals surface area contributed by atoms with Crippen LogP contribution in [-0.4, -0.2) is 81.5 Å². The second-order valence-corrected chi connectivity index (χ2v) is 31.0. The van der Waals surface area contributed by atoms with Crippen LogP contribution in [-0.2, 0) is 16.1 Å². The monoisotopic (exact) mass is 1330 g/mol. The summed E-state index contributed by atoms with van der Waals surface area (Å²) in [6.45, 7) is 12.0. The van der Waals surface area contributed by atoms with Crippen LogP contribution in [0.25, 0.3) is 29.1 Å². The van der Waals surface area contributed by atoms with E-state index in [1.54, 1.807) is 12.2 Å². The van der Waals surface area contributed by atoms with E-state index in [9.17, 15) is 14.7 Å². The first-order valence-electron chi connectivity index (χ1n) is 38.2. The Balaban J connectivity index is 0.000000125. The number of carbonyl (C=O) groups is 2. The zero-order valence-corrected chi connectivity index (χ0v) is 59.6. The van der Waals surface area contributed by atoms with E-state index in [2.05, 4.69) is 143 Å². The number of anilines is 2. The second-order valence-electron chi connectivity index (χ2n) is 31.0. The molecule has 0 amide bonds. The quantitative estimate of drug-likeness (QED) is 0.0502. The fourth-order valence-corrected chi connectivity index (χ4v) is 20.1. The molecule has 99 heavy (non-hydrogen) atoms. The molecule has 0 spiro atoms. The summed E-state index contributed by atoms with van der Waals surface area (Å²) in [5.74, 6) is 3.94. The number of pyridine rings is 1. The van der Waals surface area contributed by atoms with E-state index in [4.69, 9.17) is 0 Å². The van der Waals surface area contributed by atoms with Crippen LogP contribution < -0.4 is 62.0 Å².